The lowest BCUT2D eigenvalue weighted by Crippen LogP contribution is -2.43. The maximum absolute atomic E-state index is 12.7. The first-order valence-electron chi connectivity index (χ1n) is 9.65. The third-order valence-electron chi connectivity index (χ3n) is 5.13. The third-order valence-corrected chi connectivity index (χ3v) is 6.02. The molecule has 1 unspecified atom stereocenters. The standard InChI is InChI=1S/C22H24N4OS/c1-16-6-8-17(9-7-16)14-23-22(27)18-4-2-12-26(15-18)21-11-10-19(24-25-21)20-5-3-13-28-20/h3,5-11,13,18H,2,4,12,14-15H2,1H3,(H,23,27). The normalized spacial score (nSPS) is 16.8. The Hall–Kier alpha value is -2.73. The summed E-state index contributed by atoms with van der Waals surface area (Å²) in [7, 11) is 0. The molecule has 28 heavy (non-hydrogen) atoms. The van der Waals surface area contributed by atoms with E-state index in [1.54, 1.807) is 11.3 Å². The molecule has 0 saturated carbocycles. The maximum atomic E-state index is 12.7. The number of nitrogens with one attached hydrogen (secondary N) is 1. The van der Waals surface area contributed by atoms with E-state index in [-0.39, 0.29) is 11.8 Å². The number of amides is 1. The van der Waals surface area contributed by atoms with Crippen LogP contribution in [0.1, 0.15) is 24.0 Å². The molecular formula is C22H24N4OS. The molecule has 6 heteroatoms. The molecule has 1 aromatic carbocycles. The fourth-order valence-electron chi connectivity index (χ4n) is 3.49. The SMILES string of the molecule is Cc1ccc(CNC(=O)C2CCCN(c3ccc(-c4cccs4)nn3)C2)cc1. The lowest BCUT2D eigenvalue weighted by atomic mass is 9.97. The minimum absolute atomic E-state index is 0.0158. The molecule has 2 aromatic heterocycles. The second-order valence-corrected chi connectivity index (χ2v) is 8.19. The number of carbonyl (C=O) groups excluding carboxylic acids is 1. The molecule has 3 heterocycles. The highest BCUT2D eigenvalue weighted by atomic mass is 32.1. The van der Waals surface area contributed by atoms with Gasteiger partial charge in [0.25, 0.3) is 0 Å². The Morgan fingerprint density at radius 1 is 1.18 bits per heavy atom. The van der Waals surface area contributed by atoms with E-state index in [2.05, 4.69) is 51.6 Å². The Morgan fingerprint density at radius 3 is 2.75 bits per heavy atom. The summed E-state index contributed by atoms with van der Waals surface area (Å²) in [5.74, 6) is 0.947. The van der Waals surface area contributed by atoms with Crippen LogP contribution in [0.3, 0.4) is 0 Å². The van der Waals surface area contributed by atoms with Gasteiger partial charge in [-0.25, -0.2) is 0 Å². The van der Waals surface area contributed by atoms with Gasteiger partial charge in [0.05, 0.1) is 10.8 Å². The fraction of sp³-hybridized carbons (Fsp3) is 0.318. The average Bonchev–Trinajstić information content (AvgIpc) is 3.28. The Morgan fingerprint density at radius 2 is 2.04 bits per heavy atom. The number of piperidine rings is 1. The summed E-state index contributed by atoms with van der Waals surface area (Å²) in [5.41, 5.74) is 3.24. The monoisotopic (exact) mass is 392 g/mol. The van der Waals surface area contributed by atoms with Crippen LogP contribution in [-0.4, -0.2) is 29.2 Å². The molecule has 3 aromatic rings. The first-order valence-corrected chi connectivity index (χ1v) is 10.5. The number of carbonyl (C=O) groups is 1. The molecule has 1 N–H and O–H groups in total. The summed E-state index contributed by atoms with van der Waals surface area (Å²) in [6, 6.07) is 16.3. The molecule has 1 aliphatic rings. The molecule has 1 saturated heterocycles. The molecular weight excluding hydrogens is 368 g/mol. The van der Waals surface area contributed by atoms with Gasteiger partial charge in [-0.05, 0) is 48.9 Å². The van der Waals surface area contributed by atoms with Crippen LogP contribution in [0.4, 0.5) is 5.82 Å². The van der Waals surface area contributed by atoms with Crippen LogP contribution < -0.4 is 10.2 Å². The quantitative estimate of drug-likeness (QED) is 0.712. The predicted octanol–water partition coefficient (Wildman–Crippen LogP) is 4.05. The highest BCUT2D eigenvalue weighted by Crippen LogP contribution is 2.25. The summed E-state index contributed by atoms with van der Waals surface area (Å²) in [6.07, 6.45) is 1.90. The third kappa shape index (κ3) is 4.39. The topological polar surface area (TPSA) is 58.1 Å². The number of benzene rings is 1. The highest BCUT2D eigenvalue weighted by Gasteiger charge is 2.26. The smallest absolute Gasteiger partial charge is 0.225 e. The van der Waals surface area contributed by atoms with Crippen molar-refractivity contribution in [2.75, 3.05) is 18.0 Å². The number of thiophene rings is 1. The number of nitrogens with zero attached hydrogens (tertiary/aromatic N) is 3. The van der Waals surface area contributed by atoms with Crippen molar-refractivity contribution in [2.24, 2.45) is 5.92 Å². The lowest BCUT2D eigenvalue weighted by molar-refractivity contribution is -0.125. The van der Waals surface area contributed by atoms with Crippen LogP contribution in [-0.2, 0) is 11.3 Å². The Labute approximate surface area is 169 Å². The van der Waals surface area contributed by atoms with Crippen LogP contribution >= 0.6 is 11.3 Å². The van der Waals surface area contributed by atoms with Gasteiger partial charge in [0.1, 0.15) is 5.69 Å². The van der Waals surface area contributed by atoms with E-state index in [4.69, 9.17) is 0 Å². The van der Waals surface area contributed by atoms with Gasteiger partial charge in [0.15, 0.2) is 5.82 Å². The van der Waals surface area contributed by atoms with Crippen LogP contribution in [0.15, 0.2) is 53.9 Å². The van der Waals surface area contributed by atoms with Gasteiger partial charge in [-0.3, -0.25) is 4.79 Å². The Balaban J connectivity index is 1.35. The second kappa shape index (κ2) is 8.52. The van der Waals surface area contributed by atoms with Crippen molar-refractivity contribution in [1.82, 2.24) is 15.5 Å². The van der Waals surface area contributed by atoms with Crippen molar-refractivity contribution in [3.63, 3.8) is 0 Å². The molecule has 144 valence electrons. The summed E-state index contributed by atoms with van der Waals surface area (Å²) in [4.78, 5) is 15.9. The number of hydrogen-bond acceptors (Lipinski definition) is 5. The van der Waals surface area contributed by atoms with E-state index >= 15 is 0 Å². The van der Waals surface area contributed by atoms with Gasteiger partial charge in [-0.1, -0.05) is 35.9 Å². The van der Waals surface area contributed by atoms with E-state index in [1.807, 2.05) is 29.6 Å². The average molecular weight is 393 g/mol. The van der Waals surface area contributed by atoms with E-state index in [1.165, 1.54) is 5.56 Å². The number of hydrogen-bond donors (Lipinski definition) is 1. The summed E-state index contributed by atoms with van der Waals surface area (Å²) in [6.45, 7) is 4.24. The van der Waals surface area contributed by atoms with E-state index < -0.39 is 0 Å². The summed E-state index contributed by atoms with van der Waals surface area (Å²) in [5, 5.41) is 13.9. The van der Waals surface area contributed by atoms with E-state index in [0.717, 1.165) is 41.3 Å². The molecule has 0 bridgehead atoms. The van der Waals surface area contributed by atoms with Crippen molar-refractivity contribution in [1.29, 1.82) is 0 Å². The van der Waals surface area contributed by atoms with Crippen LogP contribution in [0.25, 0.3) is 10.6 Å². The second-order valence-electron chi connectivity index (χ2n) is 7.24. The van der Waals surface area contributed by atoms with Crippen molar-refractivity contribution < 1.29 is 4.79 Å². The maximum Gasteiger partial charge on any atom is 0.225 e. The molecule has 4 rings (SSSR count). The van der Waals surface area contributed by atoms with Crippen molar-refractivity contribution in [3.8, 4) is 10.6 Å². The Bertz CT molecular complexity index is 907. The van der Waals surface area contributed by atoms with Crippen LogP contribution in [0.5, 0.6) is 0 Å². The molecule has 1 atom stereocenters. The zero-order chi connectivity index (χ0) is 19.3. The molecule has 1 fully saturated rings. The Kier molecular flexibility index (Phi) is 5.67. The summed E-state index contributed by atoms with van der Waals surface area (Å²) >= 11 is 1.66. The molecule has 0 spiro atoms. The zero-order valence-corrected chi connectivity index (χ0v) is 16.8. The lowest BCUT2D eigenvalue weighted by Gasteiger charge is -2.32. The summed E-state index contributed by atoms with van der Waals surface area (Å²) < 4.78 is 0. The van der Waals surface area contributed by atoms with Crippen molar-refractivity contribution in [3.05, 3.63) is 65.0 Å². The molecule has 0 radical (unpaired) electrons. The van der Waals surface area contributed by atoms with Gasteiger partial charge in [0.2, 0.25) is 5.91 Å². The van der Waals surface area contributed by atoms with Gasteiger partial charge in [-0.2, -0.15) is 0 Å². The van der Waals surface area contributed by atoms with Crippen LogP contribution in [0, 0.1) is 12.8 Å². The molecule has 5 nitrogen and oxygen atoms in total. The molecule has 0 aliphatic carbocycles. The van der Waals surface area contributed by atoms with E-state index in [9.17, 15) is 4.79 Å². The van der Waals surface area contributed by atoms with Gasteiger partial charge in [0, 0.05) is 19.6 Å². The minimum Gasteiger partial charge on any atom is -0.354 e. The van der Waals surface area contributed by atoms with Crippen LogP contribution in [0.2, 0.25) is 0 Å². The van der Waals surface area contributed by atoms with Gasteiger partial charge < -0.3 is 10.2 Å². The fourth-order valence-corrected chi connectivity index (χ4v) is 4.18. The first-order chi connectivity index (χ1) is 13.7. The van der Waals surface area contributed by atoms with Gasteiger partial charge in [-0.15, -0.1) is 21.5 Å². The van der Waals surface area contributed by atoms with E-state index in [0.29, 0.717) is 13.1 Å². The number of rotatable bonds is 5. The van der Waals surface area contributed by atoms with Gasteiger partial charge >= 0.3 is 0 Å². The van der Waals surface area contributed by atoms with Crippen molar-refractivity contribution in [2.45, 2.75) is 26.3 Å². The largest absolute Gasteiger partial charge is 0.354 e. The molecule has 1 aliphatic heterocycles. The number of aryl methyl sites for hydroxylation is 1. The molecule has 1 amide bonds. The first kappa shape index (κ1) is 18.6. The zero-order valence-electron chi connectivity index (χ0n) is 16.0. The highest BCUT2D eigenvalue weighted by molar-refractivity contribution is 7.13. The van der Waals surface area contributed by atoms with Crippen molar-refractivity contribution >= 4 is 23.1 Å². The minimum atomic E-state index is -0.0158. The number of aromatic nitrogens is 2. The predicted molar refractivity (Wildman–Crippen MR) is 113 cm³/mol. The number of anilines is 1.